The fourth-order valence-corrected chi connectivity index (χ4v) is 3.73. The Labute approximate surface area is 189 Å². The van der Waals surface area contributed by atoms with Gasteiger partial charge in [-0.25, -0.2) is 9.67 Å². The number of benzene rings is 2. The maximum atomic E-state index is 13.0. The van der Waals surface area contributed by atoms with Crippen molar-refractivity contribution in [3.05, 3.63) is 96.3 Å². The molecule has 0 atom stereocenters. The SMILES string of the molecule is CCSc1cc(C(=O)NNC(=O)c2cn(-c3ccccc3)nc2-c2ccccc2)ccn1. The number of hydrazine groups is 1. The summed E-state index contributed by atoms with van der Waals surface area (Å²) in [5, 5.41) is 5.37. The van der Waals surface area contributed by atoms with E-state index in [0.29, 0.717) is 16.8 Å². The molecule has 4 aromatic rings. The van der Waals surface area contributed by atoms with Crippen molar-refractivity contribution in [2.24, 2.45) is 0 Å². The Hall–Kier alpha value is -3.91. The molecule has 8 heteroatoms. The quantitative estimate of drug-likeness (QED) is 0.346. The van der Waals surface area contributed by atoms with Crippen LogP contribution in [-0.4, -0.2) is 32.3 Å². The van der Waals surface area contributed by atoms with Crippen molar-refractivity contribution >= 4 is 23.6 Å². The summed E-state index contributed by atoms with van der Waals surface area (Å²) in [6.45, 7) is 2.01. The first-order valence-corrected chi connectivity index (χ1v) is 11.0. The second-order valence-corrected chi connectivity index (χ2v) is 8.05. The van der Waals surface area contributed by atoms with Crippen LogP contribution in [0.15, 0.2) is 90.2 Å². The normalized spacial score (nSPS) is 10.5. The minimum absolute atomic E-state index is 0.345. The third kappa shape index (κ3) is 4.87. The van der Waals surface area contributed by atoms with Gasteiger partial charge in [-0.15, -0.1) is 11.8 Å². The van der Waals surface area contributed by atoms with Crippen LogP contribution in [0.25, 0.3) is 16.9 Å². The molecule has 2 heterocycles. The zero-order valence-corrected chi connectivity index (χ0v) is 18.2. The minimum atomic E-state index is -0.461. The Morgan fingerprint density at radius 2 is 1.62 bits per heavy atom. The zero-order chi connectivity index (χ0) is 22.3. The van der Waals surface area contributed by atoms with Gasteiger partial charge in [-0.2, -0.15) is 5.10 Å². The maximum Gasteiger partial charge on any atom is 0.273 e. The average Bonchev–Trinajstić information content (AvgIpc) is 3.30. The molecule has 4 rings (SSSR count). The number of para-hydroxylation sites is 1. The molecule has 0 fully saturated rings. The van der Waals surface area contributed by atoms with E-state index in [1.807, 2.05) is 67.6 Å². The van der Waals surface area contributed by atoms with E-state index in [2.05, 4.69) is 20.9 Å². The number of carbonyl (C=O) groups is 2. The van der Waals surface area contributed by atoms with Crippen molar-refractivity contribution < 1.29 is 9.59 Å². The number of amides is 2. The number of thioether (sulfide) groups is 1. The van der Waals surface area contributed by atoms with E-state index in [-0.39, 0.29) is 0 Å². The highest BCUT2D eigenvalue weighted by molar-refractivity contribution is 7.99. The molecule has 0 saturated heterocycles. The summed E-state index contributed by atoms with van der Waals surface area (Å²) in [6, 6.07) is 22.3. The summed E-state index contributed by atoms with van der Waals surface area (Å²) < 4.78 is 1.65. The fraction of sp³-hybridized carbons (Fsp3) is 0.0833. The Morgan fingerprint density at radius 3 is 2.34 bits per heavy atom. The summed E-state index contributed by atoms with van der Waals surface area (Å²) in [5.41, 5.74) is 7.89. The Morgan fingerprint density at radius 1 is 0.938 bits per heavy atom. The van der Waals surface area contributed by atoms with Gasteiger partial charge >= 0.3 is 0 Å². The van der Waals surface area contributed by atoms with Gasteiger partial charge in [-0.1, -0.05) is 55.5 Å². The highest BCUT2D eigenvalue weighted by Gasteiger charge is 2.19. The number of hydrogen-bond donors (Lipinski definition) is 2. The first-order chi connectivity index (χ1) is 15.7. The number of nitrogens with one attached hydrogen (secondary N) is 2. The molecule has 0 bridgehead atoms. The van der Waals surface area contributed by atoms with Crippen LogP contribution in [0.4, 0.5) is 0 Å². The van der Waals surface area contributed by atoms with Crippen LogP contribution >= 0.6 is 11.8 Å². The van der Waals surface area contributed by atoms with Gasteiger partial charge in [0, 0.05) is 23.5 Å². The van der Waals surface area contributed by atoms with Gasteiger partial charge < -0.3 is 0 Å². The summed E-state index contributed by atoms with van der Waals surface area (Å²) in [6.07, 6.45) is 3.23. The smallest absolute Gasteiger partial charge is 0.267 e. The number of rotatable bonds is 6. The molecule has 2 N–H and O–H groups in total. The molecule has 160 valence electrons. The number of aromatic nitrogens is 3. The Kier molecular flexibility index (Phi) is 6.62. The highest BCUT2D eigenvalue weighted by atomic mass is 32.2. The van der Waals surface area contributed by atoms with Crippen LogP contribution in [0.1, 0.15) is 27.6 Å². The molecule has 2 aromatic heterocycles. The average molecular weight is 444 g/mol. The van der Waals surface area contributed by atoms with E-state index in [4.69, 9.17) is 0 Å². The molecule has 0 spiro atoms. The van der Waals surface area contributed by atoms with Crippen LogP contribution < -0.4 is 10.9 Å². The summed E-state index contributed by atoms with van der Waals surface area (Å²) in [5.74, 6) is -0.0327. The predicted octanol–water partition coefficient (Wildman–Crippen LogP) is 4.12. The molecule has 0 aliphatic rings. The number of carbonyl (C=O) groups excluding carboxylic acids is 2. The van der Waals surface area contributed by atoms with E-state index >= 15 is 0 Å². The van der Waals surface area contributed by atoms with E-state index < -0.39 is 11.8 Å². The topological polar surface area (TPSA) is 88.9 Å². The zero-order valence-electron chi connectivity index (χ0n) is 17.4. The largest absolute Gasteiger partial charge is 0.273 e. The minimum Gasteiger partial charge on any atom is -0.267 e. The van der Waals surface area contributed by atoms with E-state index in [1.165, 1.54) is 11.8 Å². The van der Waals surface area contributed by atoms with Crippen molar-refractivity contribution in [3.8, 4) is 16.9 Å². The van der Waals surface area contributed by atoms with Gasteiger partial charge in [0.05, 0.1) is 16.3 Å². The van der Waals surface area contributed by atoms with Crippen molar-refractivity contribution in [3.63, 3.8) is 0 Å². The van der Waals surface area contributed by atoms with Crippen molar-refractivity contribution in [1.82, 2.24) is 25.6 Å². The van der Waals surface area contributed by atoms with Gasteiger partial charge in [0.15, 0.2) is 0 Å². The first kappa shape index (κ1) is 21.3. The molecule has 32 heavy (non-hydrogen) atoms. The molecule has 7 nitrogen and oxygen atoms in total. The lowest BCUT2D eigenvalue weighted by molar-refractivity contribution is 0.0847. The lowest BCUT2D eigenvalue weighted by Gasteiger charge is -2.08. The number of pyridine rings is 1. The summed E-state index contributed by atoms with van der Waals surface area (Å²) in [4.78, 5) is 29.7. The number of nitrogens with zero attached hydrogens (tertiary/aromatic N) is 3. The van der Waals surface area contributed by atoms with Gasteiger partial charge in [0.1, 0.15) is 5.69 Å². The molecule has 2 amide bonds. The molecular formula is C24H21N5O2S. The fourth-order valence-electron chi connectivity index (χ4n) is 3.09. The molecule has 0 aliphatic carbocycles. The van der Waals surface area contributed by atoms with Crippen molar-refractivity contribution in [2.75, 3.05) is 5.75 Å². The molecule has 0 unspecified atom stereocenters. The highest BCUT2D eigenvalue weighted by Crippen LogP contribution is 2.23. The number of hydrogen-bond acceptors (Lipinski definition) is 5. The lowest BCUT2D eigenvalue weighted by Crippen LogP contribution is -2.41. The molecule has 0 aliphatic heterocycles. The molecule has 0 radical (unpaired) electrons. The van der Waals surface area contributed by atoms with Crippen molar-refractivity contribution in [2.45, 2.75) is 11.9 Å². The maximum absolute atomic E-state index is 13.0. The first-order valence-electron chi connectivity index (χ1n) is 10.1. The molecular weight excluding hydrogens is 422 g/mol. The lowest BCUT2D eigenvalue weighted by atomic mass is 10.1. The van der Waals surface area contributed by atoms with E-state index in [9.17, 15) is 9.59 Å². The predicted molar refractivity (Wildman–Crippen MR) is 125 cm³/mol. The Bertz CT molecular complexity index is 1230. The van der Waals surface area contributed by atoms with Crippen LogP contribution in [-0.2, 0) is 0 Å². The standard InChI is InChI=1S/C24H21N5O2S/c1-2-32-21-15-18(13-14-25-21)23(30)26-27-24(31)20-16-29(19-11-7-4-8-12-19)28-22(20)17-9-5-3-6-10-17/h3-16H,2H2,1H3,(H,26,30)(H,27,31). The van der Waals surface area contributed by atoms with Crippen LogP contribution in [0.5, 0.6) is 0 Å². The molecule has 2 aromatic carbocycles. The van der Waals surface area contributed by atoms with Gasteiger partial charge in [-0.05, 0) is 30.0 Å². The van der Waals surface area contributed by atoms with Gasteiger partial charge in [0.2, 0.25) is 0 Å². The van der Waals surface area contributed by atoms with Gasteiger partial charge in [-0.3, -0.25) is 20.4 Å². The van der Waals surface area contributed by atoms with Crippen molar-refractivity contribution in [1.29, 1.82) is 0 Å². The van der Waals surface area contributed by atoms with E-state index in [1.54, 1.807) is 29.2 Å². The third-order valence-corrected chi connectivity index (χ3v) is 5.41. The van der Waals surface area contributed by atoms with E-state index in [0.717, 1.165) is 22.0 Å². The summed E-state index contributed by atoms with van der Waals surface area (Å²) in [7, 11) is 0. The summed E-state index contributed by atoms with van der Waals surface area (Å²) >= 11 is 1.54. The monoisotopic (exact) mass is 443 g/mol. The van der Waals surface area contributed by atoms with Crippen LogP contribution in [0, 0.1) is 0 Å². The second kappa shape index (κ2) is 9.93. The molecule has 0 saturated carbocycles. The van der Waals surface area contributed by atoms with Gasteiger partial charge in [0.25, 0.3) is 11.8 Å². The van der Waals surface area contributed by atoms with Crippen LogP contribution in [0.2, 0.25) is 0 Å². The second-order valence-electron chi connectivity index (χ2n) is 6.76. The van der Waals surface area contributed by atoms with Crippen LogP contribution in [0.3, 0.4) is 0 Å². The Balaban J connectivity index is 1.57. The third-order valence-electron chi connectivity index (χ3n) is 4.61.